The summed E-state index contributed by atoms with van der Waals surface area (Å²) in [5.41, 5.74) is 0. The monoisotopic (exact) mass is 1120 g/mol. The van der Waals surface area contributed by atoms with E-state index in [1.54, 1.807) is 6.08 Å². The van der Waals surface area contributed by atoms with Gasteiger partial charge in [-0.3, -0.25) is 9.59 Å². The first-order chi connectivity index (χ1) is 39.5. The number of carbonyl (C=O) groups is 2. The molecule has 6 nitrogen and oxygen atoms in total. The minimum atomic E-state index is -0.843. The van der Waals surface area contributed by atoms with Gasteiger partial charge in [-0.15, -0.1) is 0 Å². The molecule has 0 aliphatic heterocycles. The average Bonchev–Trinajstić information content (AvgIpc) is 3.46. The Hall–Kier alpha value is -1.92. The van der Waals surface area contributed by atoms with Crippen molar-refractivity contribution in [2.24, 2.45) is 0 Å². The van der Waals surface area contributed by atoms with Gasteiger partial charge in [-0.25, -0.2) is 0 Å². The Balaban J connectivity index is 3.37. The number of aliphatic hydroxyl groups is 2. The van der Waals surface area contributed by atoms with Crippen molar-refractivity contribution >= 4 is 11.9 Å². The second-order valence-corrected chi connectivity index (χ2v) is 24.9. The first kappa shape index (κ1) is 78.1. The van der Waals surface area contributed by atoms with Gasteiger partial charge >= 0.3 is 5.97 Å². The molecule has 1 amide bonds. The summed E-state index contributed by atoms with van der Waals surface area (Å²) in [4.78, 5) is 24.6. The van der Waals surface area contributed by atoms with Crippen molar-refractivity contribution in [3.8, 4) is 0 Å². The summed E-state index contributed by atoms with van der Waals surface area (Å²) >= 11 is 0. The van der Waals surface area contributed by atoms with E-state index in [-0.39, 0.29) is 18.5 Å². The van der Waals surface area contributed by atoms with Crippen LogP contribution in [0.1, 0.15) is 399 Å². The van der Waals surface area contributed by atoms with Crippen LogP contribution >= 0.6 is 0 Å². The number of carbonyl (C=O) groups excluding carboxylic acids is 2. The van der Waals surface area contributed by atoms with Gasteiger partial charge in [0, 0.05) is 12.8 Å². The maximum atomic E-state index is 12.5. The van der Waals surface area contributed by atoms with E-state index >= 15 is 0 Å². The number of rotatable bonds is 68. The summed E-state index contributed by atoms with van der Waals surface area (Å²) in [6.45, 7) is 4.91. The van der Waals surface area contributed by atoms with Crippen LogP contribution in [0.2, 0.25) is 0 Å². The van der Waals surface area contributed by atoms with E-state index in [1.165, 1.54) is 321 Å². The fourth-order valence-corrected chi connectivity index (χ4v) is 11.4. The minimum Gasteiger partial charge on any atom is -0.466 e. The van der Waals surface area contributed by atoms with Gasteiger partial charge in [0.15, 0.2) is 0 Å². The molecule has 0 aromatic carbocycles. The fourth-order valence-electron chi connectivity index (χ4n) is 11.4. The predicted octanol–water partition coefficient (Wildman–Crippen LogP) is 23.5. The summed E-state index contributed by atoms with van der Waals surface area (Å²) in [6, 6.07) is -0.627. The van der Waals surface area contributed by atoms with Crippen LogP contribution in [0.4, 0.5) is 0 Å². The molecule has 80 heavy (non-hydrogen) atoms. The molecular formula is C74H141NO5. The Kier molecular flexibility index (Phi) is 67.9. The number of aliphatic hydroxyl groups excluding tert-OH is 2. The fraction of sp³-hybridized carbons (Fsp3) is 0.892. The number of hydrogen-bond donors (Lipinski definition) is 3. The molecule has 3 N–H and O–H groups in total. The van der Waals surface area contributed by atoms with E-state index < -0.39 is 12.1 Å². The van der Waals surface area contributed by atoms with Crippen LogP contribution in [-0.4, -0.2) is 47.4 Å². The summed E-state index contributed by atoms with van der Waals surface area (Å²) in [5, 5.41) is 23.2. The molecule has 0 saturated heterocycles. The van der Waals surface area contributed by atoms with E-state index in [0.29, 0.717) is 19.4 Å². The quantitative estimate of drug-likeness (QED) is 0.0320. The van der Waals surface area contributed by atoms with Crippen molar-refractivity contribution in [3.05, 3.63) is 36.5 Å². The molecule has 0 fully saturated rings. The topological polar surface area (TPSA) is 95.9 Å². The van der Waals surface area contributed by atoms with E-state index in [0.717, 1.165) is 51.4 Å². The molecule has 6 heteroatoms. The van der Waals surface area contributed by atoms with Crippen molar-refractivity contribution in [3.63, 3.8) is 0 Å². The van der Waals surface area contributed by atoms with Crippen LogP contribution in [-0.2, 0) is 14.3 Å². The highest BCUT2D eigenvalue weighted by atomic mass is 16.5. The standard InChI is InChI=1S/C74H141NO5/c1-3-5-7-9-11-13-15-17-19-21-31-35-38-42-46-50-54-58-62-66-72(77)71(70-76)75-73(78)67-63-59-55-51-47-43-39-36-32-29-27-25-23-22-24-26-28-30-33-37-41-45-49-53-57-61-65-69-80-74(79)68-64-60-56-52-48-44-40-34-20-18-16-14-12-10-8-6-4-2/h12,14,18,20,62,66,71-72,76-77H,3-11,13,15-17,19,21-61,63-65,67-70H2,1-2H3,(H,75,78)/b14-12-,20-18-,66-62+. The second kappa shape index (κ2) is 69.6. The molecule has 0 aromatic rings. The van der Waals surface area contributed by atoms with Gasteiger partial charge in [-0.1, -0.05) is 359 Å². The highest BCUT2D eigenvalue weighted by Crippen LogP contribution is 2.19. The molecular weight excluding hydrogens is 983 g/mol. The van der Waals surface area contributed by atoms with Gasteiger partial charge < -0.3 is 20.3 Å². The summed E-state index contributed by atoms with van der Waals surface area (Å²) in [5.74, 6) is -0.0514. The Labute approximate surface area is 500 Å². The van der Waals surface area contributed by atoms with E-state index in [9.17, 15) is 19.8 Å². The average molecular weight is 1120 g/mol. The second-order valence-electron chi connectivity index (χ2n) is 24.9. The van der Waals surface area contributed by atoms with Crippen LogP contribution in [0.15, 0.2) is 36.5 Å². The number of amides is 1. The molecule has 0 aromatic heterocycles. The van der Waals surface area contributed by atoms with Gasteiger partial charge in [-0.05, 0) is 64.2 Å². The minimum absolute atomic E-state index is 0.0104. The molecule has 0 rings (SSSR count). The number of hydrogen-bond acceptors (Lipinski definition) is 5. The molecule has 472 valence electrons. The van der Waals surface area contributed by atoms with Gasteiger partial charge in [0.25, 0.3) is 0 Å². The van der Waals surface area contributed by atoms with E-state index in [4.69, 9.17) is 4.74 Å². The Morgan fingerprint density at radius 2 is 0.625 bits per heavy atom. The molecule has 0 heterocycles. The van der Waals surface area contributed by atoms with Crippen molar-refractivity contribution in [1.29, 1.82) is 0 Å². The maximum absolute atomic E-state index is 12.5. The Morgan fingerprint density at radius 1 is 0.350 bits per heavy atom. The Bertz CT molecular complexity index is 1300. The van der Waals surface area contributed by atoms with Crippen molar-refractivity contribution in [2.75, 3.05) is 13.2 Å². The van der Waals surface area contributed by atoms with Crippen LogP contribution in [0.25, 0.3) is 0 Å². The molecule has 2 atom stereocenters. The lowest BCUT2D eigenvalue weighted by atomic mass is 10.0. The maximum Gasteiger partial charge on any atom is 0.305 e. The lowest BCUT2D eigenvalue weighted by Crippen LogP contribution is -2.45. The van der Waals surface area contributed by atoms with Crippen molar-refractivity contribution < 1.29 is 24.5 Å². The van der Waals surface area contributed by atoms with Gasteiger partial charge in [-0.2, -0.15) is 0 Å². The molecule has 0 bridgehead atoms. The summed E-state index contributed by atoms with van der Waals surface area (Å²) in [6.07, 6.45) is 89.4. The Morgan fingerprint density at radius 3 is 0.975 bits per heavy atom. The molecule has 0 spiro atoms. The summed E-state index contributed by atoms with van der Waals surface area (Å²) in [7, 11) is 0. The lowest BCUT2D eigenvalue weighted by Gasteiger charge is -2.20. The smallest absolute Gasteiger partial charge is 0.305 e. The molecule has 2 unspecified atom stereocenters. The highest BCUT2D eigenvalue weighted by molar-refractivity contribution is 5.76. The number of esters is 1. The van der Waals surface area contributed by atoms with Crippen molar-refractivity contribution in [2.45, 2.75) is 411 Å². The van der Waals surface area contributed by atoms with Gasteiger partial charge in [0.2, 0.25) is 5.91 Å². The number of unbranched alkanes of at least 4 members (excludes halogenated alkanes) is 53. The third-order valence-corrected chi connectivity index (χ3v) is 16.9. The number of ether oxygens (including phenoxy) is 1. The molecule has 0 aliphatic carbocycles. The van der Waals surface area contributed by atoms with E-state index in [2.05, 4.69) is 43.5 Å². The van der Waals surface area contributed by atoms with Crippen LogP contribution in [0.5, 0.6) is 0 Å². The largest absolute Gasteiger partial charge is 0.466 e. The van der Waals surface area contributed by atoms with E-state index in [1.807, 2.05) is 6.08 Å². The first-order valence-corrected chi connectivity index (χ1v) is 36.3. The molecule has 0 radical (unpaired) electrons. The lowest BCUT2D eigenvalue weighted by molar-refractivity contribution is -0.143. The summed E-state index contributed by atoms with van der Waals surface area (Å²) < 4.78 is 5.50. The first-order valence-electron chi connectivity index (χ1n) is 36.3. The SMILES string of the molecule is CCCCC/C=C\C/C=C\CCCCCCCCCC(=O)OCCCCCCCCCCCCCCCCCCCCCCCCCCCCCC(=O)NC(CO)C(O)/C=C/CCCCCCCCCCCCCCCCCCC. The van der Waals surface area contributed by atoms with Crippen LogP contribution in [0, 0.1) is 0 Å². The third kappa shape index (κ3) is 65.2. The zero-order chi connectivity index (χ0) is 57.8. The number of allylic oxidation sites excluding steroid dienone is 5. The zero-order valence-electron chi connectivity index (χ0n) is 54.1. The van der Waals surface area contributed by atoms with Crippen LogP contribution in [0.3, 0.4) is 0 Å². The zero-order valence-corrected chi connectivity index (χ0v) is 54.1. The van der Waals surface area contributed by atoms with Gasteiger partial charge in [0.05, 0.1) is 25.4 Å². The third-order valence-electron chi connectivity index (χ3n) is 16.9. The highest BCUT2D eigenvalue weighted by Gasteiger charge is 2.18. The number of nitrogens with one attached hydrogen (secondary N) is 1. The van der Waals surface area contributed by atoms with Gasteiger partial charge in [0.1, 0.15) is 0 Å². The molecule has 0 saturated carbocycles. The predicted molar refractivity (Wildman–Crippen MR) is 352 cm³/mol. The van der Waals surface area contributed by atoms with Crippen molar-refractivity contribution in [1.82, 2.24) is 5.32 Å². The normalized spacial score (nSPS) is 12.7. The van der Waals surface area contributed by atoms with Crippen LogP contribution < -0.4 is 5.32 Å². The molecule has 0 aliphatic rings.